The quantitative estimate of drug-likeness (QED) is 0.873. The molecule has 0 spiro atoms. The molecule has 1 aliphatic heterocycles. The van der Waals surface area contributed by atoms with Crippen LogP contribution in [0.2, 0.25) is 0 Å². The lowest BCUT2D eigenvalue weighted by atomic mass is 9.89. The third-order valence-corrected chi connectivity index (χ3v) is 3.10. The van der Waals surface area contributed by atoms with Crippen LogP contribution in [0.5, 0.6) is 0 Å². The summed E-state index contributed by atoms with van der Waals surface area (Å²) in [5, 5.41) is 12.1. The molecule has 0 amide bonds. The van der Waals surface area contributed by atoms with E-state index >= 15 is 0 Å². The van der Waals surface area contributed by atoms with Gasteiger partial charge in [0, 0.05) is 6.04 Å². The van der Waals surface area contributed by atoms with Gasteiger partial charge in [-0.3, -0.25) is 4.79 Å². The van der Waals surface area contributed by atoms with Crippen molar-refractivity contribution < 1.29 is 18.7 Å². The Balaban J connectivity index is 0.00000162. The Labute approximate surface area is 110 Å². The summed E-state index contributed by atoms with van der Waals surface area (Å²) in [5.41, 5.74) is 0.592. The second-order valence-corrected chi connectivity index (χ2v) is 4.24. The molecule has 0 aromatic heterocycles. The fourth-order valence-electron chi connectivity index (χ4n) is 2.12. The van der Waals surface area contributed by atoms with Crippen LogP contribution in [-0.2, 0) is 4.79 Å². The van der Waals surface area contributed by atoms with E-state index in [0.29, 0.717) is 24.9 Å². The molecule has 1 saturated heterocycles. The van der Waals surface area contributed by atoms with E-state index in [1.807, 2.05) is 0 Å². The third-order valence-electron chi connectivity index (χ3n) is 3.10. The highest BCUT2D eigenvalue weighted by molar-refractivity contribution is 5.85. The molecule has 1 heterocycles. The van der Waals surface area contributed by atoms with Gasteiger partial charge < -0.3 is 10.4 Å². The highest BCUT2D eigenvalue weighted by atomic mass is 35.5. The van der Waals surface area contributed by atoms with Crippen molar-refractivity contribution in [3.05, 3.63) is 35.4 Å². The van der Waals surface area contributed by atoms with Crippen molar-refractivity contribution in [3.8, 4) is 0 Å². The Hall–Kier alpha value is -1.20. The van der Waals surface area contributed by atoms with Gasteiger partial charge in [-0.05, 0) is 37.1 Å². The summed E-state index contributed by atoms with van der Waals surface area (Å²) < 4.78 is 25.9. The van der Waals surface area contributed by atoms with Crippen molar-refractivity contribution in [2.45, 2.75) is 18.9 Å². The molecule has 3 nitrogen and oxygen atoms in total. The van der Waals surface area contributed by atoms with Gasteiger partial charge in [0.15, 0.2) is 11.6 Å². The van der Waals surface area contributed by atoms with Crippen molar-refractivity contribution >= 4 is 18.4 Å². The summed E-state index contributed by atoms with van der Waals surface area (Å²) in [5.74, 6) is -3.05. The molecule has 0 bridgehead atoms. The van der Waals surface area contributed by atoms with E-state index in [-0.39, 0.29) is 18.4 Å². The first-order valence-electron chi connectivity index (χ1n) is 5.49. The van der Waals surface area contributed by atoms with E-state index in [9.17, 15) is 13.6 Å². The first-order valence-corrected chi connectivity index (χ1v) is 5.49. The number of carboxylic acid groups (broad SMARTS) is 1. The van der Waals surface area contributed by atoms with Gasteiger partial charge in [0.25, 0.3) is 0 Å². The molecular formula is C12H14ClF2NO2. The van der Waals surface area contributed by atoms with Gasteiger partial charge in [0.2, 0.25) is 0 Å². The SMILES string of the molecule is Cl.O=C(O)C1CCNC(c2ccc(F)c(F)c2)C1. The maximum atomic E-state index is 13.1. The standard InChI is InChI=1S/C12H13F2NO2.ClH/c13-9-2-1-7(5-10(9)14)11-6-8(12(16)17)3-4-15-11;/h1-2,5,8,11,15H,3-4,6H2,(H,16,17);1H. The number of halogens is 3. The number of benzene rings is 1. The minimum atomic E-state index is -0.901. The van der Waals surface area contributed by atoms with Crippen LogP contribution >= 0.6 is 12.4 Å². The Morgan fingerprint density at radius 2 is 2.06 bits per heavy atom. The normalized spacial score (nSPS) is 23.2. The molecule has 1 aromatic carbocycles. The van der Waals surface area contributed by atoms with Crippen LogP contribution in [0.25, 0.3) is 0 Å². The van der Waals surface area contributed by atoms with Crippen molar-refractivity contribution in [2.75, 3.05) is 6.54 Å². The number of hydrogen-bond acceptors (Lipinski definition) is 2. The van der Waals surface area contributed by atoms with Crippen LogP contribution < -0.4 is 5.32 Å². The number of carbonyl (C=O) groups is 1. The molecule has 0 radical (unpaired) electrons. The molecule has 6 heteroatoms. The molecule has 0 aliphatic carbocycles. The largest absolute Gasteiger partial charge is 0.481 e. The fourth-order valence-corrected chi connectivity index (χ4v) is 2.12. The van der Waals surface area contributed by atoms with E-state index in [0.717, 1.165) is 12.1 Å². The van der Waals surface area contributed by atoms with Gasteiger partial charge in [-0.25, -0.2) is 8.78 Å². The predicted molar refractivity (Wildman–Crippen MR) is 64.7 cm³/mol. The second-order valence-electron chi connectivity index (χ2n) is 4.24. The van der Waals surface area contributed by atoms with Gasteiger partial charge in [-0.2, -0.15) is 0 Å². The summed E-state index contributed by atoms with van der Waals surface area (Å²) in [6.45, 7) is 0.570. The zero-order valence-electron chi connectivity index (χ0n) is 9.53. The average Bonchev–Trinajstić information content (AvgIpc) is 2.33. The lowest BCUT2D eigenvalue weighted by Crippen LogP contribution is -2.34. The lowest BCUT2D eigenvalue weighted by Gasteiger charge is -2.28. The average molecular weight is 278 g/mol. The van der Waals surface area contributed by atoms with Gasteiger partial charge in [0.1, 0.15) is 0 Å². The van der Waals surface area contributed by atoms with E-state index in [1.165, 1.54) is 6.07 Å². The Morgan fingerprint density at radius 1 is 1.33 bits per heavy atom. The van der Waals surface area contributed by atoms with Crippen molar-refractivity contribution in [1.29, 1.82) is 0 Å². The number of carboxylic acids is 1. The molecule has 1 aromatic rings. The van der Waals surface area contributed by atoms with E-state index in [1.54, 1.807) is 0 Å². The van der Waals surface area contributed by atoms with Gasteiger partial charge in [0.05, 0.1) is 5.92 Å². The molecule has 2 unspecified atom stereocenters. The maximum Gasteiger partial charge on any atom is 0.306 e. The molecule has 2 N–H and O–H groups in total. The lowest BCUT2D eigenvalue weighted by molar-refractivity contribution is -0.143. The zero-order valence-corrected chi connectivity index (χ0v) is 10.3. The minimum Gasteiger partial charge on any atom is -0.481 e. The van der Waals surface area contributed by atoms with Gasteiger partial charge in [-0.1, -0.05) is 6.07 Å². The van der Waals surface area contributed by atoms with Gasteiger partial charge >= 0.3 is 5.97 Å². The summed E-state index contributed by atoms with van der Waals surface area (Å²) >= 11 is 0. The number of piperidine rings is 1. The fraction of sp³-hybridized carbons (Fsp3) is 0.417. The van der Waals surface area contributed by atoms with Crippen LogP contribution in [0.15, 0.2) is 18.2 Å². The smallest absolute Gasteiger partial charge is 0.306 e. The summed E-state index contributed by atoms with van der Waals surface area (Å²) in [7, 11) is 0. The number of hydrogen-bond donors (Lipinski definition) is 2. The molecule has 2 atom stereocenters. The van der Waals surface area contributed by atoms with Crippen molar-refractivity contribution in [3.63, 3.8) is 0 Å². The van der Waals surface area contributed by atoms with Crippen LogP contribution in [-0.4, -0.2) is 17.6 Å². The first kappa shape index (κ1) is 14.9. The van der Waals surface area contributed by atoms with Crippen LogP contribution in [0, 0.1) is 17.6 Å². The topological polar surface area (TPSA) is 49.3 Å². The molecule has 1 fully saturated rings. The highest BCUT2D eigenvalue weighted by Gasteiger charge is 2.27. The molecule has 18 heavy (non-hydrogen) atoms. The van der Waals surface area contributed by atoms with Crippen LogP contribution in [0.3, 0.4) is 0 Å². The third kappa shape index (κ3) is 3.17. The number of rotatable bonds is 2. The Kier molecular flexibility index (Phi) is 5.04. The molecule has 0 saturated carbocycles. The number of nitrogens with one attached hydrogen (secondary N) is 1. The monoisotopic (exact) mass is 277 g/mol. The van der Waals surface area contributed by atoms with E-state index in [4.69, 9.17) is 5.11 Å². The molecule has 2 rings (SSSR count). The predicted octanol–water partition coefficient (Wildman–Crippen LogP) is 2.51. The molecule has 100 valence electrons. The summed E-state index contributed by atoms with van der Waals surface area (Å²) in [4.78, 5) is 10.9. The Bertz CT molecular complexity index is 442. The molecule has 1 aliphatic rings. The summed E-state index contributed by atoms with van der Waals surface area (Å²) in [6.07, 6.45) is 0.968. The first-order chi connectivity index (χ1) is 8.08. The Morgan fingerprint density at radius 3 is 2.67 bits per heavy atom. The van der Waals surface area contributed by atoms with Gasteiger partial charge in [-0.15, -0.1) is 12.4 Å². The molecular weight excluding hydrogens is 264 g/mol. The van der Waals surface area contributed by atoms with E-state index in [2.05, 4.69) is 5.32 Å². The second kappa shape index (κ2) is 6.11. The summed E-state index contributed by atoms with van der Waals surface area (Å²) in [6, 6.07) is 3.45. The van der Waals surface area contributed by atoms with Crippen molar-refractivity contribution in [2.24, 2.45) is 5.92 Å². The maximum absolute atomic E-state index is 13.1. The van der Waals surface area contributed by atoms with Crippen LogP contribution in [0.4, 0.5) is 8.78 Å². The van der Waals surface area contributed by atoms with E-state index < -0.39 is 23.5 Å². The zero-order chi connectivity index (χ0) is 12.4. The number of aliphatic carboxylic acids is 1. The minimum absolute atomic E-state index is 0. The van der Waals surface area contributed by atoms with Crippen LogP contribution in [0.1, 0.15) is 24.4 Å². The highest BCUT2D eigenvalue weighted by Crippen LogP contribution is 2.28. The van der Waals surface area contributed by atoms with Crippen molar-refractivity contribution in [1.82, 2.24) is 5.32 Å².